The number of rotatable bonds is 6. The summed E-state index contributed by atoms with van der Waals surface area (Å²) in [5.41, 5.74) is 5.79. The van der Waals surface area contributed by atoms with Crippen LogP contribution in [-0.4, -0.2) is 35.9 Å². The summed E-state index contributed by atoms with van der Waals surface area (Å²) < 4.78 is 2.00. The second kappa shape index (κ2) is 9.68. The van der Waals surface area contributed by atoms with Gasteiger partial charge in [-0.25, -0.2) is 0 Å². The number of benzene rings is 2. The topological polar surface area (TPSA) is 85.6 Å². The molecule has 0 saturated heterocycles. The average Bonchev–Trinajstić information content (AvgIpc) is 3.30. The highest BCUT2D eigenvalue weighted by molar-refractivity contribution is 8.00. The number of carbonyl (C=O) groups excluding carboxylic acids is 1. The number of carbonyl (C=O) groups is 1. The fourth-order valence-corrected chi connectivity index (χ4v) is 4.66. The molecule has 0 fully saturated rings. The molecule has 174 valence electrons. The zero-order chi connectivity index (χ0) is 24.4. The molecule has 35 heavy (non-hydrogen) atoms. The predicted molar refractivity (Wildman–Crippen MR) is 140 cm³/mol. The fourth-order valence-electron chi connectivity index (χ4n) is 3.79. The number of amides is 1. The third kappa shape index (κ3) is 4.65. The quantitative estimate of drug-likeness (QED) is 0.318. The van der Waals surface area contributed by atoms with Gasteiger partial charge in [-0.2, -0.15) is 0 Å². The molecule has 0 aliphatic heterocycles. The molecule has 3 heterocycles. The number of pyridine rings is 2. The van der Waals surface area contributed by atoms with Crippen LogP contribution in [0.25, 0.3) is 28.0 Å². The maximum absolute atomic E-state index is 13.2. The second-order valence-corrected chi connectivity index (χ2v) is 9.58. The van der Waals surface area contributed by atoms with Gasteiger partial charge in [0.15, 0.2) is 11.0 Å². The molecule has 0 radical (unpaired) electrons. The van der Waals surface area contributed by atoms with Crippen molar-refractivity contribution in [1.29, 1.82) is 0 Å². The number of hydrogen-bond acceptors (Lipinski definition) is 6. The van der Waals surface area contributed by atoms with Gasteiger partial charge in [-0.05, 0) is 80.4 Å². The predicted octanol–water partition coefficient (Wildman–Crippen LogP) is 5.61. The molecule has 5 aromatic rings. The number of nitrogens with zero attached hydrogens (tertiary/aromatic N) is 5. The van der Waals surface area contributed by atoms with Crippen molar-refractivity contribution in [2.24, 2.45) is 0 Å². The first kappa shape index (κ1) is 22.7. The van der Waals surface area contributed by atoms with Gasteiger partial charge in [-0.3, -0.25) is 19.3 Å². The molecule has 0 spiro atoms. The van der Waals surface area contributed by atoms with E-state index in [1.165, 1.54) is 22.9 Å². The molecule has 8 heteroatoms. The number of nitrogens with one attached hydrogen (secondary N) is 1. The van der Waals surface area contributed by atoms with Crippen molar-refractivity contribution in [3.05, 3.63) is 90.4 Å². The smallest absolute Gasteiger partial charge is 0.237 e. The Hall–Kier alpha value is -4.04. The Morgan fingerprint density at radius 3 is 2.57 bits per heavy atom. The maximum atomic E-state index is 13.2. The van der Waals surface area contributed by atoms with Crippen LogP contribution >= 0.6 is 11.8 Å². The van der Waals surface area contributed by atoms with E-state index >= 15 is 0 Å². The van der Waals surface area contributed by atoms with E-state index in [0.717, 1.165) is 27.8 Å². The molecule has 5 rings (SSSR count). The van der Waals surface area contributed by atoms with Crippen molar-refractivity contribution in [3.8, 4) is 17.1 Å². The largest absolute Gasteiger partial charge is 0.324 e. The molecule has 0 aliphatic carbocycles. The molecule has 1 N–H and O–H groups in total. The lowest BCUT2D eigenvalue weighted by molar-refractivity contribution is -0.115. The third-order valence-corrected chi connectivity index (χ3v) is 6.92. The molecule has 7 nitrogen and oxygen atoms in total. The van der Waals surface area contributed by atoms with E-state index in [-0.39, 0.29) is 5.91 Å². The number of hydrogen-bond donors (Lipinski definition) is 1. The van der Waals surface area contributed by atoms with Gasteiger partial charge in [0.2, 0.25) is 5.91 Å². The normalized spacial score (nSPS) is 12.0. The summed E-state index contributed by atoms with van der Waals surface area (Å²) in [6, 6.07) is 19.6. The van der Waals surface area contributed by atoms with E-state index in [0.29, 0.717) is 11.0 Å². The summed E-state index contributed by atoms with van der Waals surface area (Å²) in [7, 11) is 0. The Morgan fingerprint density at radius 2 is 1.77 bits per heavy atom. The van der Waals surface area contributed by atoms with Crippen LogP contribution < -0.4 is 5.32 Å². The average molecular weight is 481 g/mol. The lowest BCUT2D eigenvalue weighted by Crippen LogP contribution is -2.23. The molecule has 2 aromatic carbocycles. The molecule has 0 saturated carbocycles. The molecule has 0 bridgehead atoms. The zero-order valence-corrected chi connectivity index (χ0v) is 20.5. The van der Waals surface area contributed by atoms with Crippen LogP contribution in [0, 0.1) is 13.8 Å². The van der Waals surface area contributed by atoms with Crippen LogP contribution in [0.3, 0.4) is 0 Å². The molecule has 1 unspecified atom stereocenters. The number of aryl methyl sites for hydroxylation is 2. The minimum absolute atomic E-state index is 0.119. The zero-order valence-electron chi connectivity index (χ0n) is 19.6. The van der Waals surface area contributed by atoms with E-state index < -0.39 is 5.25 Å². The highest BCUT2D eigenvalue weighted by Gasteiger charge is 2.22. The van der Waals surface area contributed by atoms with Gasteiger partial charge in [0.25, 0.3) is 0 Å². The highest BCUT2D eigenvalue weighted by Crippen LogP contribution is 2.31. The number of fused-ring (bicyclic) bond motifs is 1. The lowest BCUT2D eigenvalue weighted by atomic mass is 10.1. The minimum Gasteiger partial charge on any atom is -0.324 e. The van der Waals surface area contributed by atoms with E-state index in [1.807, 2.05) is 60.0 Å². The SMILES string of the molecule is Cc1ccc(-n2c(SC(C)C(=O)Nc3cccc4ncccc34)nnc2-c2ccncc2)cc1C. The molecule has 1 atom stereocenters. The third-order valence-electron chi connectivity index (χ3n) is 5.88. The number of anilines is 1. The van der Waals surface area contributed by atoms with Crippen LogP contribution in [0.15, 0.2) is 84.4 Å². The molecular formula is C27H24N6OS. The summed E-state index contributed by atoms with van der Waals surface area (Å²) in [5.74, 6) is 0.581. The first-order valence-corrected chi connectivity index (χ1v) is 12.1. The van der Waals surface area contributed by atoms with Gasteiger partial charge in [0.1, 0.15) is 0 Å². The van der Waals surface area contributed by atoms with Gasteiger partial charge < -0.3 is 5.32 Å². The first-order valence-electron chi connectivity index (χ1n) is 11.3. The van der Waals surface area contributed by atoms with Crippen LogP contribution in [0.5, 0.6) is 0 Å². The minimum atomic E-state index is -0.415. The van der Waals surface area contributed by atoms with Gasteiger partial charge in [-0.15, -0.1) is 10.2 Å². The molecule has 0 aliphatic rings. The van der Waals surface area contributed by atoms with Crippen molar-refractivity contribution in [2.45, 2.75) is 31.2 Å². The Morgan fingerprint density at radius 1 is 0.943 bits per heavy atom. The standard InChI is InChI=1S/C27H24N6OS/c1-17-9-10-21(16-18(17)2)33-25(20-11-14-28-15-12-20)31-32-27(33)35-19(3)26(34)30-24-8-4-7-23-22(24)6-5-13-29-23/h4-16,19H,1-3H3,(H,30,34). The van der Waals surface area contributed by atoms with Crippen molar-refractivity contribution in [1.82, 2.24) is 24.7 Å². The van der Waals surface area contributed by atoms with Crippen LogP contribution in [0.4, 0.5) is 5.69 Å². The Kier molecular flexibility index (Phi) is 6.29. The number of aromatic nitrogens is 5. The van der Waals surface area contributed by atoms with Gasteiger partial charge >= 0.3 is 0 Å². The molecular weight excluding hydrogens is 456 g/mol. The Bertz CT molecular complexity index is 1510. The van der Waals surface area contributed by atoms with E-state index in [4.69, 9.17) is 0 Å². The lowest BCUT2D eigenvalue weighted by Gasteiger charge is -2.15. The van der Waals surface area contributed by atoms with Crippen LogP contribution in [0.2, 0.25) is 0 Å². The van der Waals surface area contributed by atoms with Gasteiger partial charge in [0.05, 0.1) is 22.1 Å². The first-order chi connectivity index (χ1) is 17.0. The summed E-state index contributed by atoms with van der Waals surface area (Å²) in [5, 5.41) is 13.1. The van der Waals surface area contributed by atoms with E-state index in [1.54, 1.807) is 18.6 Å². The Balaban J connectivity index is 1.47. The van der Waals surface area contributed by atoms with E-state index in [9.17, 15) is 4.79 Å². The summed E-state index contributed by atoms with van der Waals surface area (Å²) in [6.45, 7) is 6.03. The van der Waals surface area contributed by atoms with Crippen molar-refractivity contribution in [2.75, 3.05) is 5.32 Å². The summed E-state index contributed by atoms with van der Waals surface area (Å²) >= 11 is 1.37. The second-order valence-electron chi connectivity index (χ2n) is 8.27. The van der Waals surface area contributed by atoms with Crippen molar-refractivity contribution in [3.63, 3.8) is 0 Å². The van der Waals surface area contributed by atoms with Crippen molar-refractivity contribution >= 4 is 34.3 Å². The fraction of sp³-hybridized carbons (Fsp3) is 0.148. The summed E-state index contributed by atoms with van der Waals surface area (Å²) in [4.78, 5) is 21.7. The van der Waals surface area contributed by atoms with Crippen LogP contribution in [0.1, 0.15) is 18.1 Å². The highest BCUT2D eigenvalue weighted by atomic mass is 32.2. The Labute approximate surface area is 207 Å². The maximum Gasteiger partial charge on any atom is 0.237 e. The van der Waals surface area contributed by atoms with E-state index in [2.05, 4.69) is 51.5 Å². The van der Waals surface area contributed by atoms with Gasteiger partial charge in [-0.1, -0.05) is 23.9 Å². The molecule has 3 aromatic heterocycles. The molecule has 1 amide bonds. The monoisotopic (exact) mass is 480 g/mol. The van der Waals surface area contributed by atoms with Crippen molar-refractivity contribution < 1.29 is 4.79 Å². The van der Waals surface area contributed by atoms with Crippen LogP contribution in [-0.2, 0) is 4.79 Å². The summed E-state index contributed by atoms with van der Waals surface area (Å²) in [6.07, 6.45) is 5.21. The number of thioether (sulfide) groups is 1. The van der Waals surface area contributed by atoms with Gasteiger partial charge in [0, 0.05) is 29.5 Å².